The van der Waals surface area contributed by atoms with E-state index in [4.69, 9.17) is 4.74 Å². The second-order valence-corrected chi connectivity index (χ2v) is 6.79. The number of amides is 1. The van der Waals surface area contributed by atoms with Crippen molar-refractivity contribution >= 4 is 21.8 Å². The monoisotopic (exact) mass is 383 g/mol. The van der Waals surface area contributed by atoms with Gasteiger partial charge in [-0.05, 0) is 31.0 Å². The molecular formula is C18H23BrFNO2. The molecule has 0 spiro atoms. The average Bonchev–Trinajstić information content (AvgIpc) is 2.56. The van der Waals surface area contributed by atoms with Gasteiger partial charge in [0, 0.05) is 23.1 Å². The average molecular weight is 384 g/mol. The van der Waals surface area contributed by atoms with Crippen LogP contribution in [0.2, 0.25) is 0 Å². The van der Waals surface area contributed by atoms with E-state index >= 15 is 0 Å². The second kappa shape index (κ2) is 9.18. The van der Waals surface area contributed by atoms with Crippen molar-refractivity contribution in [3.8, 4) is 0 Å². The number of hydrogen-bond donors (Lipinski definition) is 0. The van der Waals surface area contributed by atoms with E-state index in [1.165, 1.54) is 25.3 Å². The minimum atomic E-state index is -0.316. The van der Waals surface area contributed by atoms with Crippen LogP contribution in [0.3, 0.4) is 0 Å². The SMILES string of the molecule is C=CCN(Cc1cc(Br)ccc1F)C(=O)COC1CCCCC1. The maximum Gasteiger partial charge on any atom is 0.249 e. The van der Waals surface area contributed by atoms with Crippen LogP contribution in [0.5, 0.6) is 0 Å². The Morgan fingerprint density at radius 2 is 2.13 bits per heavy atom. The Bertz CT molecular complexity index is 544. The van der Waals surface area contributed by atoms with Gasteiger partial charge in [-0.3, -0.25) is 4.79 Å². The number of ether oxygens (including phenoxy) is 1. The molecule has 0 bridgehead atoms. The Labute approximate surface area is 145 Å². The van der Waals surface area contributed by atoms with Crippen molar-refractivity contribution in [3.05, 3.63) is 46.7 Å². The van der Waals surface area contributed by atoms with E-state index in [9.17, 15) is 9.18 Å². The van der Waals surface area contributed by atoms with E-state index in [0.717, 1.165) is 17.3 Å². The van der Waals surface area contributed by atoms with Gasteiger partial charge in [-0.15, -0.1) is 6.58 Å². The van der Waals surface area contributed by atoms with Gasteiger partial charge in [0.1, 0.15) is 12.4 Å². The first-order valence-corrected chi connectivity index (χ1v) is 8.83. The molecule has 1 aliphatic carbocycles. The van der Waals surface area contributed by atoms with Gasteiger partial charge in [-0.25, -0.2) is 4.39 Å². The third-order valence-corrected chi connectivity index (χ3v) is 4.56. The molecule has 1 aromatic rings. The summed E-state index contributed by atoms with van der Waals surface area (Å²) in [5.74, 6) is -0.446. The molecule has 3 nitrogen and oxygen atoms in total. The molecule has 0 unspecified atom stereocenters. The highest BCUT2D eigenvalue weighted by Gasteiger charge is 2.19. The predicted molar refractivity (Wildman–Crippen MR) is 92.5 cm³/mol. The lowest BCUT2D eigenvalue weighted by Crippen LogP contribution is -2.35. The molecule has 0 aliphatic heterocycles. The molecule has 2 rings (SSSR count). The van der Waals surface area contributed by atoms with Gasteiger partial charge < -0.3 is 9.64 Å². The van der Waals surface area contributed by atoms with Crippen molar-refractivity contribution in [2.75, 3.05) is 13.2 Å². The van der Waals surface area contributed by atoms with Crippen molar-refractivity contribution in [1.82, 2.24) is 4.90 Å². The summed E-state index contributed by atoms with van der Waals surface area (Å²) in [7, 11) is 0. The summed E-state index contributed by atoms with van der Waals surface area (Å²) in [5.41, 5.74) is 0.479. The van der Waals surface area contributed by atoms with Crippen molar-refractivity contribution < 1.29 is 13.9 Å². The normalized spacial score (nSPS) is 15.4. The molecular weight excluding hydrogens is 361 g/mol. The van der Waals surface area contributed by atoms with Gasteiger partial charge in [0.05, 0.1) is 6.10 Å². The molecule has 0 atom stereocenters. The number of nitrogens with zero attached hydrogens (tertiary/aromatic N) is 1. The zero-order valence-electron chi connectivity index (χ0n) is 13.3. The van der Waals surface area contributed by atoms with Gasteiger partial charge >= 0.3 is 0 Å². The smallest absolute Gasteiger partial charge is 0.249 e. The van der Waals surface area contributed by atoms with E-state index in [2.05, 4.69) is 22.5 Å². The quantitative estimate of drug-likeness (QED) is 0.650. The fourth-order valence-electron chi connectivity index (χ4n) is 2.79. The van der Waals surface area contributed by atoms with Crippen LogP contribution in [-0.2, 0) is 16.1 Å². The van der Waals surface area contributed by atoms with E-state index in [1.807, 2.05) is 0 Å². The van der Waals surface area contributed by atoms with Gasteiger partial charge in [-0.1, -0.05) is 41.3 Å². The maximum atomic E-state index is 13.9. The molecule has 0 heterocycles. The fourth-order valence-corrected chi connectivity index (χ4v) is 3.20. The van der Waals surface area contributed by atoms with Crippen LogP contribution in [0.15, 0.2) is 35.3 Å². The highest BCUT2D eigenvalue weighted by Crippen LogP contribution is 2.21. The van der Waals surface area contributed by atoms with Gasteiger partial charge in [0.25, 0.3) is 0 Å². The van der Waals surface area contributed by atoms with Crippen molar-refractivity contribution in [3.63, 3.8) is 0 Å². The first kappa shape index (κ1) is 18.1. The third kappa shape index (κ3) is 5.74. The first-order chi connectivity index (χ1) is 11.1. The molecule has 1 saturated carbocycles. The van der Waals surface area contributed by atoms with E-state index in [-0.39, 0.29) is 31.0 Å². The fraction of sp³-hybridized carbons (Fsp3) is 0.500. The Kier molecular flexibility index (Phi) is 7.24. The topological polar surface area (TPSA) is 29.5 Å². The summed E-state index contributed by atoms with van der Waals surface area (Å²) in [4.78, 5) is 14.0. The van der Waals surface area contributed by atoms with E-state index in [0.29, 0.717) is 12.1 Å². The lowest BCUT2D eigenvalue weighted by molar-refractivity contribution is -0.139. The molecule has 1 aliphatic rings. The molecule has 1 amide bonds. The lowest BCUT2D eigenvalue weighted by Gasteiger charge is -2.25. The largest absolute Gasteiger partial charge is 0.368 e. The predicted octanol–water partition coefficient (Wildman–Crippen LogP) is 4.45. The van der Waals surface area contributed by atoms with Crippen molar-refractivity contribution in [1.29, 1.82) is 0 Å². The van der Waals surface area contributed by atoms with Crippen molar-refractivity contribution in [2.24, 2.45) is 0 Å². The molecule has 0 aromatic heterocycles. The van der Waals surface area contributed by atoms with E-state index in [1.54, 1.807) is 23.1 Å². The number of hydrogen-bond acceptors (Lipinski definition) is 2. The summed E-state index contributed by atoms with van der Waals surface area (Å²) in [5, 5.41) is 0. The zero-order valence-corrected chi connectivity index (χ0v) is 14.9. The minimum Gasteiger partial charge on any atom is -0.368 e. The minimum absolute atomic E-state index is 0.0497. The lowest BCUT2D eigenvalue weighted by atomic mass is 9.98. The summed E-state index contributed by atoms with van der Waals surface area (Å²) in [6.07, 6.45) is 7.45. The molecule has 126 valence electrons. The molecule has 0 radical (unpaired) electrons. The zero-order chi connectivity index (χ0) is 16.7. The Morgan fingerprint density at radius 1 is 1.39 bits per heavy atom. The molecule has 1 fully saturated rings. The number of rotatable bonds is 7. The Balaban J connectivity index is 1.94. The second-order valence-electron chi connectivity index (χ2n) is 5.87. The van der Waals surface area contributed by atoms with Gasteiger partial charge in [0.2, 0.25) is 5.91 Å². The maximum absolute atomic E-state index is 13.9. The van der Waals surface area contributed by atoms with Crippen LogP contribution in [0.25, 0.3) is 0 Å². The summed E-state index contributed by atoms with van der Waals surface area (Å²) >= 11 is 3.33. The Hall–Kier alpha value is -1.20. The molecule has 0 N–H and O–H groups in total. The number of carbonyl (C=O) groups is 1. The third-order valence-electron chi connectivity index (χ3n) is 4.07. The highest BCUT2D eigenvalue weighted by atomic mass is 79.9. The van der Waals surface area contributed by atoms with Gasteiger partial charge in [-0.2, -0.15) is 0 Å². The molecule has 5 heteroatoms. The van der Waals surface area contributed by atoms with E-state index < -0.39 is 0 Å². The summed E-state index contributed by atoms with van der Waals surface area (Å²) in [6, 6.07) is 4.74. The van der Waals surface area contributed by atoms with Crippen LogP contribution in [0, 0.1) is 5.82 Å². The van der Waals surface area contributed by atoms with Crippen LogP contribution < -0.4 is 0 Å². The van der Waals surface area contributed by atoms with Crippen LogP contribution in [0.1, 0.15) is 37.7 Å². The van der Waals surface area contributed by atoms with Crippen LogP contribution >= 0.6 is 15.9 Å². The Morgan fingerprint density at radius 3 is 2.83 bits per heavy atom. The number of carbonyl (C=O) groups excluding carboxylic acids is 1. The summed E-state index contributed by atoms with van der Waals surface area (Å²) in [6.45, 7) is 4.31. The van der Waals surface area contributed by atoms with Gasteiger partial charge in [0.15, 0.2) is 0 Å². The van der Waals surface area contributed by atoms with Crippen LogP contribution in [-0.4, -0.2) is 30.1 Å². The molecule has 23 heavy (non-hydrogen) atoms. The van der Waals surface area contributed by atoms with Crippen molar-refractivity contribution in [2.45, 2.75) is 44.8 Å². The molecule has 0 saturated heterocycles. The van der Waals surface area contributed by atoms with Crippen LogP contribution in [0.4, 0.5) is 4.39 Å². The molecule has 1 aromatic carbocycles. The first-order valence-electron chi connectivity index (χ1n) is 8.04. The number of halogens is 2. The summed E-state index contributed by atoms with van der Waals surface area (Å²) < 4.78 is 20.4. The highest BCUT2D eigenvalue weighted by molar-refractivity contribution is 9.10. The number of benzene rings is 1. The standard InChI is InChI=1S/C18H23BrFNO2/c1-2-10-21(12-14-11-15(19)8-9-17(14)20)18(22)13-23-16-6-4-3-5-7-16/h2,8-9,11,16H,1,3-7,10,12-13H2.